The summed E-state index contributed by atoms with van der Waals surface area (Å²) in [4.78, 5) is 8.62. The maximum Gasteiger partial charge on any atom is 0.196 e. The Bertz CT molecular complexity index is 979. The van der Waals surface area contributed by atoms with E-state index in [0.717, 1.165) is 22.0 Å². The van der Waals surface area contributed by atoms with Gasteiger partial charge in [0.15, 0.2) is 11.4 Å². The molecule has 23 heavy (non-hydrogen) atoms. The van der Waals surface area contributed by atoms with E-state index in [9.17, 15) is 4.39 Å². The first-order valence-corrected chi connectivity index (χ1v) is 7.36. The van der Waals surface area contributed by atoms with Crippen LogP contribution >= 0.6 is 0 Å². The minimum Gasteiger partial charge on any atom is -0.450 e. The molecular formula is C18H14FN3O. The molecule has 0 aliphatic carbocycles. The van der Waals surface area contributed by atoms with Crippen LogP contribution in [0.15, 0.2) is 59.3 Å². The molecular weight excluding hydrogens is 293 g/mol. The van der Waals surface area contributed by atoms with Gasteiger partial charge in [0, 0.05) is 5.39 Å². The van der Waals surface area contributed by atoms with Gasteiger partial charge in [0.25, 0.3) is 0 Å². The van der Waals surface area contributed by atoms with Gasteiger partial charge in [-0.1, -0.05) is 24.3 Å². The molecule has 1 N–H and O–H groups in total. The fraction of sp³-hybridized carbons (Fsp3) is 0.111. The minimum atomic E-state index is -0.248. The van der Waals surface area contributed by atoms with Crippen LogP contribution in [0.1, 0.15) is 18.5 Å². The number of nitrogens with zero attached hydrogens (tertiary/aromatic N) is 2. The van der Waals surface area contributed by atoms with E-state index in [4.69, 9.17) is 4.42 Å². The van der Waals surface area contributed by atoms with Crippen molar-refractivity contribution in [1.82, 2.24) is 9.97 Å². The number of benzene rings is 2. The summed E-state index contributed by atoms with van der Waals surface area (Å²) in [7, 11) is 0. The Hall–Kier alpha value is -2.95. The van der Waals surface area contributed by atoms with Crippen molar-refractivity contribution >= 4 is 27.9 Å². The number of para-hydroxylation sites is 1. The number of furan rings is 1. The summed E-state index contributed by atoms with van der Waals surface area (Å²) >= 11 is 0. The van der Waals surface area contributed by atoms with Gasteiger partial charge in [-0.2, -0.15) is 0 Å². The predicted octanol–water partition coefficient (Wildman–Crippen LogP) is 4.69. The second-order valence-electron chi connectivity index (χ2n) is 5.42. The standard InChI is InChI=1S/C18H14FN3O/c1-11(12-6-8-13(19)9-7-12)22-18-17-16(20-10-21-18)14-4-2-3-5-15(14)23-17/h2-11H,1H3,(H,20,21,22)/t11-/m0/s1. The lowest BCUT2D eigenvalue weighted by Crippen LogP contribution is -2.08. The van der Waals surface area contributed by atoms with E-state index >= 15 is 0 Å². The molecule has 2 aromatic heterocycles. The van der Waals surface area contributed by atoms with Crippen molar-refractivity contribution in [3.05, 3.63) is 66.2 Å². The summed E-state index contributed by atoms with van der Waals surface area (Å²) in [5.74, 6) is 0.380. The maximum atomic E-state index is 13.0. The van der Waals surface area contributed by atoms with Crippen molar-refractivity contribution in [3.8, 4) is 0 Å². The van der Waals surface area contributed by atoms with Gasteiger partial charge in [-0.05, 0) is 36.8 Å². The minimum absolute atomic E-state index is 0.0399. The average molecular weight is 307 g/mol. The van der Waals surface area contributed by atoms with Crippen LogP contribution in [0.4, 0.5) is 10.2 Å². The first-order chi connectivity index (χ1) is 11.2. The average Bonchev–Trinajstić information content (AvgIpc) is 2.95. The van der Waals surface area contributed by atoms with E-state index < -0.39 is 0 Å². The molecule has 0 radical (unpaired) electrons. The Balaban J connectivity index is 1.75. The summed E-state index contributed by atoms with van der Waals surface area (Å²) in [6.07, 6.45) is 1.52. The van der Waals surface area contributed by atoms with Crippen molar-refractivity contribution in [2.24, 2.45) is 0 Å². The van der Waals surface area contributed by atoms with Crippen LogP contribution in [-0.4, -0.2) is 9.97 Å². The van der Waals surface area contributed by atoms with Gasteiger partial charge in [-0.15, -0.1) is 0 Å². The van der Waals surface area contributed by atoms with Gasteiger partial charge in [0.2, 0.25) is 0 Å². The molecule has 114 valence electrons. The van der Waals surface area contributed by atoms with Gasteiger partial charge in [-0.25, -0.2) is 14.4 Å². The molecule has 4 nitrogen and oxygen atoms in total. The van der Waals surface area contributed by atoms with E-state index in [-0.39, 0.29) is 11.9 Å². The van der Waals surface area contributed by atoms with Crippen molar-refractivity contribution in [3.63, 3.8) is 0 Å². The normalized spacial score (nSPS) is 12.6. The molecule has 0 aliphatic rings. The molecule has 2 heterocycles. The first-order valence-electron chi connectivity index (χ1n) is 7.36. The highest BCUT2D eigenvalue weighted by molar-refractivity contribution is 6.05. The Morgan fingerprint density at radius 3 is 2.65 bits per heavy atom. The van der Waals surface area contributed by atoms with Crippen molar-refractivity contribution in [2.75, 3.05) is 5.32 Å². The number of aromatic nitrogens is 2. The monoisotopic (exact) mass is 307 g/mol. The summed E-state index contributed by atoms with van der Waals surface area (Å²) < 4.78 is 18.9. The topological polar surface area (TPSA) is 51.0 Å². The molecule has 4 aromatic rings. The van der Waals surface area contributed by atoms with Gasteiger partial charge < -0.3 is 9.73 Å². The molecule has 0 saturated heterocycles. The van der Waals surface area contributed by atoms with E-state index in [1.165, 1.54) is 18.5 Å². The Labute approximate surface area is 132 Å². The number of nitrogens with one attached hydrogen (secondary N) is 1. The van der Waals surface area contributed by atoms with Gasteiger partial charge >= 0.3 is 0 Å². The largest absolute Gasteiger partial charge is 0.450 e. The maximum absolute atomic E-state index is 13.0. The summed E-state index contributed by atoms with van der Waals surface area (Å²) in [5, 5.41) is 4.27. The molecule has 1 atom stereocenters. The lowest BCUT2D eigenvalue weighted by molar-refractivity contribution is 0.626. The van der Waals surface area contributed by atoms with Gasteiger partial charge in [-0.3, -0.25) is 0 Å². The van der Waals surface area contributed by atoms with Crippen LogP contribution in [0, 0.1) is 5.82 Å². The van der Waals surface area contributed by atoms with E-state index in [0.29, 0.717) is 11.4 Å². The Kier molecular flexibility index (Phi) is 3.19. The van der Waals surface area contributed by atoms with Crippen molar-refractivity contribution in [2.45, 2.75) is 13.0 Å². The lowest BCUT2D eigenvalue weighted by Gasteiger charge is -2.14. The molecule has 0 saturated carbocycles. The summed E-state index contributed by atoms with van der Waals surface area (Å²) in [6, 6.07) is 14.1. The number of rotatable bonds is 3. The highest BCUT2D eigenvalue weighted by Crippen LogP contribution is 2.31. The number of anilines is 1. The zero-order chi connectivity index (χ0) is 15.8. The summed E-state index contributed by atoms with van der Waals surface area (Å²) in [5.41, 5.74) is 3.15. The van der Waals surface area contributed by atoms with Crippen LogP contribution in [0.5, 0.6) is 0 Å². The molecule has 0 aliphatic heterocycles. The molecule has 0 fully saturated rings. The fourth-order valence-corrected chi connectivity index (χ4v) is 2.67. The molecule has 4 rings (SSSR count). The Morgan fingerprint density at radius 1 is 1.04 bits per heavy atom. The second-order valence-corrected chi connectivity index (χ2v) is 5.42. The van der Waals surface area contributed by atoms with E-state index in [1.807, 2.05) is 31.2 Å². The lowest BCUT2D eigenvalue weighted by atomic mass is 10.1. The van der Waals surface area contributed by atoms with Crippen LogP contribution in [0.25, 0.3) is 22.1 Å². The number of hydrogen-bond acceptors (Lipinski definition) is 4. The van der Waals surface area contributed by atoms with E-state index in [1.54, 1.807) is 12.1 Å². The molecule has 0 bridgehead atoms. The van der Waals surface area contributed by atoms with Crippen molar-refractivity contribution in [1.29, 1.82) is 0 Å². The number of halogens is 1. The third-order valence-corrected chi connectivity index (χ3v) is 3.88. The molecule has 2 aromatic carbocycles. The Morgan fingerprint density at radius 2 is 1.83 bits per heavy atom. The number of fused-ring (bicyclic) bond motifs is 3. The zero-order valence-electron chi connectivity index (χ0n) is 12.5. The fourth-order valence-electron chi connectivity index (χ4n) is 2.67. The second kappa shape index (κ2) is 5.35. The molecule has 0 amide bonds. The smallest absolute Gasteiger partial charge is 0.196 e. The van der Waals surface area contributed by atoms with Crippen LogP contribution < -0.4 is 5.32 Å². The van der Waals surface area contributed by atoms with Crippen LogP contribution in [0.3, 0.4) is 0 Å². The van der Waals surface area contributed by atoms with Crippen LogP contribution in [-0.2, 0) is 0 Å². The first kappa shape index (κ1) is 13.7. The SMILES string of the molecule is C[C@H](Nc1ncnc2c1oc1ccccc12)c1ccc(F)cc1. The number of hydrogen-bond donors (Lipinski definition) is 1. The third kappa shape index (κ3) is 2.40. The van der Waals surface area contributed by atoms with Gasteiger partial charge in [0.05, 0.1) is 6.04 Å². The zero-order valence-corrected chi connectivity index (χ0v) is 12.5. The molecule has 0 spiro atoms. The van der Waals surface area contributed by atoms with Gasteiger partial charge in [0.1, 0.15) is 23.2 Å². The third-order valence-electron chi connectivity index (χ3n) is 3.88. The predicted molar refractivity (Wildman–Crippen MR) is 87.7 cm³/mol. The molecule has 5 heteroatoms. The quantitative estimate of drug-likeness (QED) is 0.596. The highest BCUT2D eigenvalue weighted by Gasteiger charge is 2.15. The van der Waals surface area contributed by atoms with E-state index in [2.05, 4.69) is 15.3 Å². The van der Waals surface area contributed by atoms with Crippen LogP contribution in [0.2, 0.25) is 0 Å². The highest BCUT2D eigenvalue weighted by atomic mass is 19.1. The van der Waals surface area contributed by atoms with Crippen molar-refractivity contribution < 1.29 is 8.81 Å². The summed E-state index contributed by atoms with van der Waals surface area (Å²) in [6.45, 7) is 1.99. The molecule has 0 unspecified atom stereocenters.